The number of aromatic nitrogens is 3. The quantitative estimate of drug-likeness (QED) is 0.489. The largest absolute Gasteiger partial charge is 0.443 e. The smallest absolute Gasteiger partial charge is 0.427 e. The van der Waals surface area contributed by atoms with Gasteiger partial charge in [0.2, 0.25) is 5.95 Å². The maximum absolute atomic E-state index is 13.2. The van der Waals surface area contributed by atoms with Crippen molar-refractivity contribution < 1.29 is 42.9 Å². The number of ether oxygens (including phenoxy) is 5. The van der Waals surface area contributed by atoms with E-state index in [1.54, 1.807) is 79.1 Å². The molecule has 0 aliphatic carbocycles. The summed E-state index contributed by atoms with van der Waals surface area (Å²) in [6, 6.07) is 1.77. The van der Waals surface area contributed by atoms with Gasteiger partial charge in [0, 0.05) is 18.6 Å². The van der Waals surface area contributed by atoms with E-state index in [0.717, 1.165) is 5.06 Å². The molecule has 41 heavy (non-hydrogen) atoms. The van der Waals surface area contributed by atoms with E-state index in [4.69, 9.17) is 28.5 Å². The van der Waals surface area contributed by atoms with E-state index >= 15 is 0 Å². The van der Waals surface area contributed by atoms with E-state index in [2.05, 4.69) is 9.97 Å². The van der Waals surface area contributed by atoms with Gasteiger partial charge in [0.15, 0.2) is 18.1 Å². The number of hydrogen-bond donors (Lipinski definition) is 0. The van der Waals surface area contributed by atoms with Crippen molar-refractivity contribution in [2.24, 2.45) is 0 Å². The molecule has 3 amide bonds. The third-order valence-electron chi connectivity index (χ3n) is 6.23. The average molecular weight is 578 g/mol. The maximum atomic E-state index is 13.2. The Balaban J connectivity index is 1.80. The first-order valence-corrected chi connectivity index (χ1v) is 13.3. The van der Waals surface area contributed by atoms with Crippen LogP contribution in [0, 0.1) is 6.92 Å². The van der Waals surface area contributed by atoms with E-state index in [9.17, 15) is 14.4 Å². The molecule has 2 fully saturated rings. The molecule has 4 rings (SSSR count). The van der Waals surface area contributed by atoms with Crippen LogP contribution in [0.2, 0.25) is 0 Å². The van der Waals surface area contributed by atoms with Crippen LogP contribution in [0.4, 0.5) is 15.5 Å². The number of aryl methyl sites for hydroxylation is 1. The summed E-state index contributed by atoms with van der Waals surface area (Å²) in [7, 11) is 2.85. The Labute approximate surface area is 238 Å². The van der Waals surface area contributed by atoms with Gasteiger partial charge in [0.25, 0.3) is 5.91 Å². The minimum atomic E-state index is -1.03. The summed E-state index contributed by atoms with van der Waals surface area (Å²) in [5.74, 6) is -1.68. The molecule has 0 bridgehead atoms. The number of carbonyl (C=O) groups is 3. The Bertz CT molecular complexity index is 1320. The standard InChI is InChI=1S/C27H39N5O9/c1-14-15-12-13-31(21-18-16(38-27(8,9)39-18)17(37-21)20(33)30(10)36-11)19(15)29-22(28-14)32(23(34)40-25(2,3)4)24(35)41-26(5,6)7/h12-13,16-18,21H,1-11H3/t16-,17+,18-,21-/m1/s1. The van der Waals surface area contributed by atoms with Crippen LogP contribution in [-0.2, 0) is 33.3 Å². The zero-order valence-corrected chi connectivity index (χ0v) is 25.4. The van der Waals surface area contributed by atoms with Gasteiger partial charge in [-0.2, -0.15) is 4.98 Å². The van der Waals surface area contributed by atoms with Gasteiger partial charge in [-0.1, -0.05) is 0 Å². The molecule has 2 aromatic rings. The second kappa shape index (κ2) is 10.5. The number of anilines is 1. The molecule has 0 saturated carbocycles. The highest BCUT2D eigenvalue weighted by atomic mass is 16.8. The van der Waals surface area contributed by atoms with Crippen LogP contribution in [0.3, 0.4) is 0 Å². The lowest BCUT2D eigenvalue weighted by Gasteiger charge is -2.28. The number of nitrogens with zero attached hydrogens (tertiary/aromatic N) is 5. The molecule has 0 unspecified atom stereocenters. The highest BCUT2D eigenvalue weighted by Gasteiger charge is 2.59. The predicted octanol–water partition coefficient (Wildman–Crippen LogP) is 3.85. The number of rotatable bonds is 4. The van der Waals surface area contributed by atoms with E-state index in [1.807, 2.05) is 0 Å². The summed E-state index contributed by atoms with van der Waals surface area (Å²) < 4.78 is 31.1. The van der Waals surface area contributed by atoms with Crippen LogP contribution in [0.5, 0.6) is 0 Å². The van der Waals surface area contributed by atoms with Gasteiger partial charge in [0.05, 0.1) is 12.8 Å². The summed E-state index contributed by atoms with van der Waals surface area (Å²) in [6.07, 6.45) is -3.59. The fourth-order valence-corrected chi connectivity index (χ4v) is 4.60. The molecular formula is C27H39N5O9. The Morgan fingerprint density at radius 2 is 1.54 bits per heavy atom. The van der Waals surface area contributed by atoms with Gasteiger partial charge in [-0.3, -0.25) is 9.63 Å². The number of likely N-dealkylation sites (N-methyl/N-ethyl adjacent to an activating group) is 1. The van der Waals surface area contributed by atoms with Crippen LogP contribution < -0.4 is 4.90 Å². The number of hydrogen-bond acceptors (Lipinski definition) is 11. The minimum absolute atomic E-state index is 0.247. The van der Waals surface area contributed by atoms with Gasteiger partial charge in [-0.25, -0.2) is 19.6 Å². The first-order valence-electron chi connectivity index (χ1n) is 13.3. The number of fused-ring (bicyclic) bond motifs is 2. The molecule has 0 spiro atoms. The van der Waals surface area contributed by atoms with Crippen LogP contribution >= 0.6 is 0 Å². The van der Waals surface area contributed by atoms with Crippen LogP contribution in [0.1, 0.15) is 67.3 Å². The summed E-state index contributed by atoms with van der Waals surface area (Å²) in [4.78, 5) is 54.3. The van der Waals surface area contributed by atoms with Gasteiger partial charge in [-0.15, -0.1) is 4.90 Å². The molecular weight excluding hydrogens is 538 g/mol. The Morgan fingerprint density at radius 1 is 0.976 bits per heavy atom. The number of imide groups is 1. The predicted molar refractivity (Wildman–Crippen MR) is 145 cm³/mol. The molecule has 4 atom stereocenters. The molecule has 14 nitrogen and oxygen atoms in total. The third-order valence-corrected chi connectivity index (χ3v) is 6.23. The van der Waals surface area contributed by atoms with Crippen molar-refractivity contribution in [3.8, 4) is 0 Å². The van der Waals surface area contributed by atoms with Crippen LogP contribution in [0.25, 0.3) is 11.0 Å². The monoisotopic (exact) mass is 577 g/mol. The SMILES string of the molecule is CON(C)C(=O)[C@H]1O[C@@H](n2ccc3c(C)nc(N(C(=O)OC(C)(C)C)C(=O)OC(C)(C)C)nc32)[C@@H]2OC(C)(C)O[C@@H]21. The topological polar surface area (TPSA) is 144 Å². The zero-order valence-electron chi connectivity index (χ0n) is 25.4. The van der Waals surface area contributed by atoms with Gasteiger partial charge < -0.3 is 28.3 Å². The molecule has 0 aromatic carbocycles. The summed E-state index contributed by atoms with van der Waals surface area (Å²) in [6.45, 7) is 15.3. The van der Waals surface area contributed by atoms with Gasteiger partial charge in [-0.05, 0) is 68.4 Å². The number of hydroxylamine groups is 2. The molecule has 4 heterocycles. The maximum Gasteiger partial charge on any atom is 0.427 e. The molecule has 14 heteroatoms. The van der Waals surface area contributed by atoms with Crippen molar-refractivity contribution in [1.29, 1.82) is 0 Å². The summed E-state index contributed by atoms with van der Waals surface area (Å²) in [5, 5.41) is 1.69. The zero-order chi connectivity index (χ0) is 30.7. The summed E-state index contributed by atoms with van der Waals surface area (Å²) in [5.41, 5.74) is -1.01. The van der Waals surface area contributed by atoms with E-state index in [0.29, 0.717) is 21.6 Å². The molecule has 0 radical (unpaired) electrons. The highest BCUT2D eigenvalue weighted by Crippen LogP contribution is 2.44. The minimum Gasteiger partial charge on any atom is -0.443 e. The van der Waals surface area contributed by atoms with Crippen LogP contribution in [-0.4, -0.2) is 87.2 Å². The van der Waals surface area contributed by atoms with Crippen molar-refractivity contribution in [3.05, 3.63) is 18.0 Å². The number of amides is 3. The van der Waals surface area contributed by atoms with Crippen molar-refractivity contribution in [2.75, 3.05) is 19.1 Å². The lowest BCUT2D eigenvalue weighted by atomic mass is 10.1. The fourth-order valence-electron chi connectivity index (χ4n) is 4.60. The summed E-state index contributed by atoms with van der Waals surface area (Å²) >= 11 is 0. The van der Waals surface area contributed by atoms with Crippen molar-refractivity contribution in [3.63, 3.8) is 0 Å². The van der Waals surface area contributed by atoms with E-state index in [1.165, 1.54) is 14.2 Å². The molecule has 2 aliphatic heterocycles. The lowest BCUT2D eigenvalue weighted by molar-refractivity contribution is -0.211. The van der Waals surface area contributed by atoms with Crippen molar-refractivity contribution in [2.45, 2.75) is 104 Å². The Hall–Kier alpha value is -3.33. The van der Waals surface area contributed by atoms with Crippen molar-refractivity contribution in [1.82, 2.24) is 19.6 Å². The van der Waals surface area contributed by atoms with Gasteiger partial charge >= 0.3 is 12.2 Å². The Kier molecular flexibility index (Phi) is 7.84. The molecule has 2 aromatic heterocycles. The second-order valence-corrected chi connectivity index (χ2v) is 12.4. The number of carbonyl (C=O) groups excluding carboxylic acids is 3. The van der Waals surface area contributed by atoms with Crippen molar-refractivity contribution >= 4 is 35.1 Å². The first-order chi connectivity index (χ1) is 18.8. The van der Waals surface area contributed by atoms with Gasteiger partial charge in [0.1, 0.15) is 29.1 Å². The fraction of sp³-hybridized carbons (Fsp3) is 0.667. The van der Waals surface area contributed by atoms with E-state index < -0.39 is 59.6 Å². The second-order valence-electron chi connectivity index (χ2n) is 12.4. The van der Waals surface area contributed by atoms with Crippen LogP contribution in [0.15, 0.2) is 12.3 Å². The lowest BCUT2D eigenvalue weighted by Crippen LogP contribution is -2.44. The molecule has 0 N–H and O–H groups in total. The third kappa shape index (κ3) is 6.30. The highest BCUT2D eigenvalue weighted by molar-refractivity contribution is 6.08. The average Bonchev–Trinajstić information content (AvgIpc) is 3.46. The normalized spacial score (nSPS) is 23.8. The van der Waals surface area contributed by atoms with E-state index in [-0.39, 0.29) is 5.95 Å². The molecule has 2 saturated heterocycles. The molecule has 226 valence electrons. The molecule has 2 aliphatic rings. The first kappa shape index (κ1) is 30.6. The Morgan fingerprint density at radius 3 is 2.07 bits per heavy atom.